The second kappa shape index (κ2) is 6.75. The maximum atomic E-state index is 12.2. The number of nitrogens with zero attached hydrogens (tertiary/aromatic N) is 1. The first-order chi connectivity index (χ1) is 11.9. The van der Waals surface area contributed by atoms with E-state index in [1.807, 2.05) is 16.7 Å². The average Bonchev–Trinajstić information content (AvgIpc) is 2.89. The lowest BCUT2D eigenvalue weighted by Gasteiger charge is -2.19. The summed E-state index contributed by atoms with van der Waals surface area (Å²) in [6.45, 7) is 11.1. The molecular formula is C22H26N2O. The lowest BCUT2D eigenvalue weighted by Crippen LogP contribution is -2.16. The first-order valence-corrected chi connectivity index (χ1v) is 8.84. The van der Waals surface area contributed by atoms with Gasteiger partial charge in [-0.1, -0.05) is 57.2 Å². The molecule has 1 heterocycles. The fourth-order valence-corrected chi connectivity index (χ4v) is 3.12. The van der Waals surface area contributed by atoms with Crippen LogP contribution in [0.3, 0.4) is 0 Å². The molecule has 0 fully saturated rings. The third-order valence-electron chi connectivity index (χ3n) is 4.65. The molecule has 3 rings (SSSR count). The standard InChI is InChI=1S/C22H26N2O/c1-5-6-7-14-24-20-13-10-17(15-19(20)23-21(24)25)16-8-11-18(12-9-16)22(2,3)4/h5,8-13,15H,1,6-7,14H2,2-4H3,(H,23,25). The molecule has 3 nitrogen and oxygen atoms in total. The Morgan fingerprint density at radius 3 is 2.40 bits per heavy atom. The molecule has 3 heteroatoms. The second-order valence-corrected chi connectivity index (χ2v) is 7.57. The molecule has 0 amide bonds. The third kappa shape index (κ3) is 3.60. The minimum Gasteiger partial charge on any atom is -0.306 e. The van der Waals surface area contributed by atoms with Crippen molar-refractivity contribution < 1.29 is 0 Å². The van der Waals surface area contributed by atoms with Crippen LogP contribution >= 0.6 is 0 Å². The molecular weight excluding hydrogens is 308 g/mol. The Bertz CT molecular complexity index is 937. The molecule has 0 bridgehead atoms. The molecule has 0 atom stereocenters. The number of aromatic amines is 1. The zero-order valence-electron chi connectivity index (χ0n) is 15.3. The molecule has 130 valence electrons. The minimum atomic E-state index is -0.0423. The summed E-state index contributed by atoms with van der Waals surface area (Å²) < 4.78 is 1.81. The monoisotopic (exact) mass is 334 g/mol. The maximum Gasteiger partial charge on any atom is 0.326 e. The third-order valence-corrected chi connectivity index (χ3v) is 4.65. The van der Waals surface area contributed by atoms with Gasteiger partial charge in [-0.15, -0.1) is 6.58 Å². The number of hydrogen-bond donors (Lipinski definition) is 1. The van der Waals surface area contributed by atoms with Crippen molar-refractivity contribution >= 4 is 11.0 Å². The molecule has 1 aromatic heterocycles. The Hall–Kier alpha value is -2.55. The van der Waals surface area contributed by atoms with Crippen LogP contribution in [0.5, 0.6) is 0 Å². The van der Waals surface area contributed by atoms with Gasteiger partial charge in [0, 0.05) is 6.54 Å². The smallest absolute Gasteiger partial charge is 0.306 e. The van der Waals surface area contributed by atoms with Crippen LogP contribution in [0.25, 0.3) is 22.2 Å². The van der Waals surface area contributed by atoms with Crippen LogP contribution in [0.1, 0.15) is 39.2 Å². The molecule has 0 saturated carbocycles. The molecule has 3 aromatic rings. The van der Waals surface area contributed by atoms with Gasteiger partial charge in [0.2, 0.25) is 0 Å². The van der Waals surface area contributed by atoms with E-state index in [0.717, 1.165) is 35.0 Å². The van der Waals surface area contributed by atoms with Crippen LogP contribution in [0.4, 0.5) is 0 Å². The molecule has 0 unspecified atom stereocenters. The number of hydrogen-bond acceptors (Lipinski definition) is 1. The highest BCUT2D eigenvalue weighted by atomic mass is 16.1. The number of aryl methyl sites for hydroxylation is 1. The first-order valence-electron chi connectivity index (χ1n) is 8.84. The fourth-order valence-electron chi connectivity index (χ4n) is 3.12. The molecule has 0 saturated heterocycles. The van der Waals surface area contributed by atoms with Crippen molar-refractivity contribution in [3.05, 3.63) is 71.2 Å². The number of unbranched alkanes of at least 4 members (excludes halogenated alkanes) is 1. The van der Waals surface area contributed by atoms with Crippen molar-refractivity contribution in [1.82, 2.24) is 9.55 Å². The van der Waals surface area contributed by atoms with Crippen LogP contribution in [-0.4, -0.2) is 9.55 Å². The van der Waals surface area contributed by atoms with Gasteiger partial charge in [-0.25, -0.2) is 4.79 Å². The van der Waals surface area contributed by atoms with Crippen LogP contribution < -0.4 is 5.69 Å². The van der Waals surface area contributed by atoms with Crippen molar-refractivity contribution in [2.75, 3.05) is 0 Å². The lowest BCUT2D eigenvalue weighted by molar-refractivity contribution is 0.590. The van der Waals surface area contributed by atoms with Gasteiger partial charge in [0.15, 0.2) is 0 Å². The molecule has 25 heavy (non-hydrogen) atoms. The lowest BCUT2D eigenvalue weighted by atomic mass is 9.86. The second-order valence-electron chi connectivity index (χ2n) is 7.57. The summed E-state index contributed by atoms with van der Waals surface area (Å²) in [5.74, 6) is 0. The van der Waals surface area contributed by atoms with E-state index in [2.05, 4.69) is 68.7 Å². The summed E-state index contributed by atoms with van der Waals surface area (Å²) in [5.41, 5.74) is 5.56. The largest absolute Gasteiger partial charge is 0.326 e. The van der Waals surface area contributed by atoms with Gasteiger partial charge in [0.1, 0.15) is 0 Å². The average molecular weight is 334 g/mol. The van der Waals surface area contributed by atoms with Crippen LogP contribution in [-0.2, 0) is 12.0 Å². The van der Waals surface area contributed by atoms with Crippen LogP contribution in [0.2, 0.25) is 0 Å². The van der Waals surface area contributed by atoms with Gasteiger partial charge in [-0.2, -0.15) is 0 Å². The summed E-state index contributed by atoms with van der Waals surface area (Å²) in [4.78, 5) is 15.2. The topological polar surface area (TPSA) is 37.8 Å². The number of benzene rings is 2. The van der Waals surface area contributed by atoms with Gasteiger partial charge >= 0.3 is 5.69 Å². The van der Waals surface area contributed by atoms with E-state index in [1.54, 1.807) is 0 Å². The van der Waals surface area contributed by atoms with Gasteiger partial charge in [-0.05, 0) is 47.1 Å². The van der Waals surface area contributed by atoms with Crippen molar-refractivity contribution in [2.24, 2.45) is 0 Å². The van der Waals surface area contributed by atoms with Crippen molar-refractivity contribution in [3.8, 4) is 11.1 Å². The highest BCUT2D eigenvalue weighted by Crippen LogP contribution is 2.27. The number of H-pyrrole nitrogens is 1. The predicted octanol–water partition coefficient (Wildman–Crippen LogP) is 5.26. The minimum absolute atomic E-state index is 0.0423. The molecule has 0 spiro atoms. The fraction of sp³-hybridized carbons (Fsp3) is 0.318. The first kappa shape index (κ1) is 17.3. The zero-order chi connectivity index (χ0) is 18.0. The van der Waals surface area contributed by atoms with E-state index >= 15 is 0 Å². The summed E-state index contributed by atoms with van der Waals surface area (Å²) in [5, 5.41) is 0. The normalized spacial score (nSPS) is 11.8. The van der Waals surface area contributed by atoms with E-state index in [4.69, 9.17) is 0 Å². The summed E-state index contributed by atoms with van der Waals surface area (Å²) in [6, 6.07) is 14.9. The number of imidazole rings is 1. The summed E-state index contributed by atoms with van der Waals surface area (Å²) >= 11 is 0. The van der Waals surface area contributed by atoms with Crippen molar-refractivity contribution in [3.63, 3.8) is 0 Å². The molecule has 0 aliphatic heterocycles. The van der Waals surface area contributed by atoms with Gasteiger partial charge in [-0.3, -0.25) is 4.57 Å². The van der Waals surface area contributed by atoms with E-state index in [0.29, 0.717) is 6.54 Å². The Balaban J connectivity index is 1.94. The summed E-state index contributed by atoms with van der Waals surface area (Å²) in [6.07, 6.45) is 3.73. The van der Waals surface area contributed by atoms with E-state index in [9.17, 15) is 4.79 Å². The zero-order valence-corrected chi connectivity index (χ0v) is 15.3. The number of rotatable bonds is 5. The van der Waals surface area contributed by atoms with Gasteiger partial charge < -0.3 is 4.98 Å². The Labute approximate surface area is 149 Å². The Morgan fingerprint density at radius 2 is 1.76 bits per heavy atom. The Kier molecular flexibility index (Phi) is 4.67. The van der Waals surface area contributed by atoms with Crippen LogP contribution in [0, 0.1) is 0 Å². The number of fused-ring (bicyclic) bond motifs is 1. The van der Waals surface area contributed by atoms with Crippen molar-refractivity contribution in [2.45, 2.75) is 45.6 Å². The van der Waals surface area contributed by atoms with E-state index in [-0.39, 0.29) is 11.1 Å². The summed E-state index contributed by atoms with van der Waals surface area (Å²) in [7, 11) is 0. The van der Waals surface area contributed by atoms with Crippen molar-refractivity contribution in [1.29, 1.82) is 0 Å². The molecule has 0 aliphatic rings. The van der Waals surface area contributed by atoms with Crippen LogP contribution in [0.15, 0.2) is 59.9 Å². The van der Waals surface area contributed by atoms with E-state index < -0.39 is 0 Å². The SMILES string of the molecule is C=CCCCn1c(=O)[nH]c2cc(-c3ccc(C(C)(C)C)cc3)ccc21. The number of aromatic nitrogens is 2. The predicted molar refractivity (Wildman–Crippen MR) is 106 cm³/mol. The highest BCUT2D eigenvalue weighted by Gasteiger charge is 2.13. The highest BCUT2D eigenvalue weighted by molar-refractivity contribution is 5.82. The maximum absolute atomic E-state index is 12.2. The van der Waals surface area contributed by atoms with Gasteiger partial charge in [0.05, 0.1) is 11.0 Å². The molecule has 1 N–H and O–H groups in total. The number of nitrogens with one attached hydrogen (secondary N) is 1. The molecule has 2 aromatic carbocycles. The van der Waals surface area contributed by atoms with E-state index in [1.165, 1.54) is 5.56 Å². The quantitative estimate of drug-likeness (QED) is 0.501. The Morgan fingerprint density at radius 1 is 1.08 bits per heavy atom. The van der Waals surface area contributed by atoms with Gasteiger partial charge in [0.25, 0.3) is 0 Å². The number of allylic oxidation sites excluding steroid dienone is 1. The molecule has 0 aliphatic carbocycles. The molecule has 0 radical (unpaired) electrons.